The number of thioether (sulfide) groups is 1. The average molecular weight is 320 g/mol. The number of amides is 2. The van der Waals surface area contributed by atoms with Gasteiger partial charge in [-0.2, -0.15) is 11.8 Å². The van der Waals surface area contributed by atoms with E-state index in [2.05, 4.69) is 20.8 Å². The number of rotatable bonds is 3. The Hall–Kier alpha value is -2.29. The molecule has 8 nitrogen and oxygen atoms in total. The highest BCUT2D eigenvalue weighted by molar-refractivity contribution is 7.99. The Bertz CT molecular complexity index is 642. The number of anilines is 1. The lowest BCUT2D eigenvalue weighted by molar-refractivity contribution is 0.217. The number of hydrogen-bond acceptors (Lipinski definition) is 6. The van der Waals surface area contributed by atoms with Crippen LogP contribution in [-0.4, -0.2) is 62.8 Å². The molecule has 0 radical (unpaired) electrons. The zero-order valence-corrected chi connectivity index (χ0v) is 12.9. The van der Waals surface area contributed by atoms with E-state index < -0.39 is 0 Å². The van der Waals surface area contributed by atoms with E-state index in [9.17, 15) is 4.79 Å². The van der Waals surface area contributed by atoms with Gasteiger partial charge in [0.15, 0.2) is 0 Å². The maximum atomic E-state index is 12.3. The molecule has 1 saturated heterocycles. The van der Waals surface area contributed by atoms with Gasteiger partial charge in [-0.1, -0.05) is 0 Å². The summed E-state index contributed by atoms with van der Waals surface area (Å²) in [6.07, 6.45) is 1.49. The van der Waals surface area contributed by atoms with E-state index in [-0.39, 0.29) is 6.03 Å². The molecule has 2 amide bonds. The molecule has 1 aromatic heterocycles. The average Bonchev–Trinajstić information content (AvgIpc) is 3.10. The SMILES string of the molecule is COc1cc(NC(=O)N2CCSCC2)cc(-n2cnnn2)c1. The van der Waals surface area contributed by atoms with Gasteiger partial charge in [0, 0.05) is 42.4 Å². The molecule has 0 bridgehead atoms. The van der Waals surface area contributed by atoms with E-state index in [0.717, 1.165) is 24.6 Å². The van der Waals surface area contributed by atoms with Crippen molar-refractivity contribution in [1.82, 2.24) is 25.1 Å². The van der Waals surface area contributed by atoms with Gasteiger partial charge in [0.25, 0.3) is 0 Å². The van der Waals surface area contributed by atoms with Crippen LogP contribution in [0.25, 0.3) is 5.69 Å². The van der Waals surface area contributed by atoms with Gasteiger partial charge in [0.05, 0.1) is 12.8 Å². The summed E-state index contributed by atoms with van der Waals surface area (Å²) in [5, 5.41) is 14.0. The van der Waals surface area contributed by atoms with Crippen LogP contribution in [0.3, 0.4) is 0 Å². The highest BCUT2D eigenvalue weighted by Crippen LogP contribution is 2.23. The maximum absolute atomic E-state index is 12.3. The first-order chi connectivity index (χ1) is 10.8. The first-order valence-electron chi connectivity index (χ1n) is 6.82. The van der Waals surface area contributed by atoms with E-state index in [0.29, 0.717) is 17.1 Å². The number of methoxy groups -OCH3 is 1. The molecule has 1 aliphatic heterocycles. The summed E-state index contributed by atoms with van der Waals surface area (Å²) in [5.74, 6) is 2.57. The van der Waals surface area contributed by atoms with Crippen molar-refractivity contribution in [3.8, 4) is 11.4 Å². The van der Waals surface area contributed by atoms with Crippen LogP contribution >= 0.6 is 11.8 Å². The van der Waals surface area contributed by atoms with Gasteiger partial charge in [0.2, 0.25) is 0 Å². The second kappa shape index (κ2) is 6.65. The minimum atomic E-state index is -0.101. The number of carbonyl (C=O) groups is 1. The molecule has 0 spiro atoms. The maximum Gasteiger partial charge on any atom is 0.321 e. The molecule has 2 aromatic rings. The van der Waals surface area contributed by atoms with Crippen LogP contribution in [0.1, 0.15) is 0 Å². The minimum Gasteiger partial charge on any atom is -0.497 e. The van der Waals surface area contributed by atoms with Crippen LogP contribution in [0.5, 0.6) is 5.75 Å². The lowest BCUT2D eigenvalue weighted by Crippen LogP contribution is -2.40. The molecule has 116 valence electrons. The quantitative estimate of drug-likeness (QED) is 0.916. The molecule has 0 saturated carbocycles. The van der Waals surface area contributed by atoms with Gasteiger partial charge in [-0.15, -0.1) is 5.10 Å². The number of nitrogens with zero attached hydrogens (tertiary/aromatic N) is 5. The number of aromatic nitrogens is 4. The van der Waals surface area contributed by atoms with E-state index in [1.807, 2.05) is 16.7 Å². The summed E-state index contributed by atoms with van der Waals surface area (Å²) in [7, 11) is 1.58. The Morgan fingerprint density at radius 3 is 2.82 bits per heavy atom. The first-order valence-corrected chi connectivity index (χ1v) is 7.98. The molecule has 0 aliphatic carbocycles. The fourth-order valence-electron chi connectivity index (χ4n) is 2.15. The van der Waals surface area contributed by atoms with E-state index in [1.54, 1.807) is 25.3 Å². The van der Waals surface area contributed by atoms with Gasteiger partial charge in [-0.05, 0) is 16.5 Å². The lowest BCUT2D eigenvalue weighted by Gasteiger charge is -2.26. The third-order valence-electron chi connectivity index (χ3n) is 3.29. The fourth-order valence-corrected chi connectivity index (χ4v) is 3.06. The van der Waals surface area contributed by atoms with Crippen molar-refractivity contribution in [3.63, 3.8) is 0 Å². The Labute approximate surface area is 131 Å². The summed E-state index contributed by atoms with van der Waals surface area (Å²) in [4.78, 5) is 14.1. The van der Waals surface area contributed by atoms with Crippen LogP contribution < -0.4 is 10.1 Å². The summed E-state index contributed by atoms with van der Waals surface area (Å²) in [6, 6.07) is 5.26. The van der Waals surface area contributed by atoms with Gasteiger partial charge in [-0.3, -0.25) is 0 Å². The Morgan fingerprint density at radius 2 is 2.14 bits per heavy atom. The van der Waals surface area contributed by atoms with Gasteiger partial charge < -0.3 is 15.0 Å². The molecule has 0 atom stereocenters. The highest BCUT2D eigenvalue weighted by atomic mass is 32.2. The van der Waals surface area contributed by atoms with Crippen LogP contribution in [0.4, 0.5) is 10.5 Å². The van der Waals surface area contributed by atoms with Crippen LogP contribution in [-0.2, 0) is 0 Å². The molecule has 22 heavy (non-hydrogen) atoms. The second-order valence-electron chi connectivity index (χ2n) is 4.70. The molecule has 1 fully saturated rings. The first kappa shape index (κ1) is 14.6. The van der Waals surface area contributed by atoms with E-state index in [4.69, 9.17) is 4.74 Å². The highest BCUT2D eigenvalue weighted by Gasteiger charge is 2.17. The number of tetrazole rings is 1. The molecular weight excluding hydrogens is 304 g/mol. The van der Waals surface area contributed by atoms with Crippen molar-refractivity contribution in [1.29, 1.82) is 0 Å². The number of ether oxygens (including phenoxy) is 1. The van der Waals surface area contributed by atoms with Crippen molar-refractivity contribution in [2.45, 2.75) is 0 Å². The van der Waals surface area contributed by atoms with Gasteiger partial charge in [-0.25, -0.2) is 9.48 Å². The third kappa shape index (κ3) is 3.30. The number of hydrogen-bond donors (Lipinski definition) is 1. The zero-order valence-electron chi connectivity index (χ0n) is 12.1. The topological polar surface area (TPSA) is 85.2 Å². The fraction of sp³-hybridized carbons (Fsp3) is 0.385. The van der Waals surface area contributed by atoms with Crippen LogP contribution in [0.2, 0.25) is 0 Å². The normalized spacial score (nSPS) is 14.7. The largest absolute Gasteiger partial charge is 0.497 e. The predicted molar refractivity (Wildman–Crippen MR) is 83.6 cm³/mol. The number of nitrogens with one attached hydrogen (secondary N) is 1. The number of urea groups is 1. The lowest BCUT2D eigenvalue weighted by atomic mass is 10.2. The molecule has 1 aliphatic rings. The van der Waals surface area contributed by atoms with Crippen molar-refractivity contribution < 1.29 is 9.53 Å². The molecular formula is C13H16N6O2S. The van der Waals surface area contributed by atoms with Crippen LogP contribution in [0.15, 0.2) is 24.5 Å². The second-order valence-corrected chi connectivity index (χ2v) is 5.93. The monoisotopic (exact) mass is 320 g/mol. The van der Waals surface area contributed by atoms with Gasteiger partial charge in [0.1, 0.15) is 12.1 Å². The van der Waals surface area contributed by atoms with Crippen LogP contribution in [0, 0.1) is 0 Å². The number of carbonyl (C=O) groups excluding carboxylic acids is 1. The van der Waals surface area contributed by atoms with Crippen molar-refractivity contribution in [3.05, 3.63) is 24.5 Å². The van der Waals surface area contributed by atoms with Gasteiger partial charge >= 0.3 is 6.03 Å². The molecule has 2 heterocycles. The Balaban J connectivity index is 1.80. The Kier molecular flexibility index (Phi) is 4.42. The smallest absolute Gasteiger partial charge is 0.321 e. The van der Waals surface area contributed by atoms with Crippen molar-refractivity contribution in [2.24, 2.45) is 0 Å². The molecule has 1 N–H and O–H groups in total. The standard InChI is InChI=1S/C13H16N6O2S/c1-21-12-7-10(6-11(8-12)19-9-14-16-17-19)15-13(20)18-2-4-22-5-3-18/h6-9H,2-5H2,1H3,(H,15,20). The predicted octanol–water partition coefficient (Wildman–Crippen LogP) is 1.25. The summed E-state index contributed by atoms with van der Waals surface area (Å²) in [6.45, 7) is 1.53. The summed E-state index contributed by atoms with van der Waals surface area (Å²) in [5.41, 5.74) is 1.36. The number of benzene rings is 1. The molecule has 1 aromatic carbocycles. The van der Waals surface area contributed by atoms with E-state index >= 15 is 0 Å². The molecule has 9 heteroatoms. The summed E-state index contributed by atoms with van der Waals surface area (Å²) >= 11 is 1.86. The minimum absolute atomic E-state index is 0.101. The third-order valence-corrected chi connectivity index (χ3v) is 4.23. The Morgan fingerprint density at radius 1 is 1.32 bits per heavy atom. The van der Waals surface area contributed by atoms with E-state index in [1.165, 1.54) is 11.0 Å². The molecule has 3 rings (SSSR count). The van der Waals surface area contributed by atoms with Crippen molar-refractivity contribution >= 4 is 23.5 Å². The van der Waals surface area contributed by atoms with Crippen molar-refractivity contribution in [2.75, 3.05) is 37.0 Å². The zero-order chi connectivity index (χ0) is 15.4. The summed E-state index contributed by atoms with van der Waals surface area (Å²) < 4.78 is 6.78. The molecule has 0 unspecified atom stereocenters.